The lowest BCUT2D eigenvalue weighted by Crippen LogP contribution is -3.08. The summed E-state index contributed by atoms with van der Waals surface area (Å²) in [4.78, 5) is 13.2. The summed E-state index contributed by atoms with van der Waals surface area (Å²) in [6.45, 7) is 3.85. The summed E-state index contributed by atoms with van der Waals surface area (Å²) < 4.78 is 0. The average Bonchev–Trinajstić information content (AvgIpc) is 2.46. The van der Waals surface area contributed by atoms with E-state index in [4.69, 9.17) is 11.6 Å². The van der Waals surface area contributed by atoms with Crippen molar-refractivity contribution in [2.45, 2.75) is 20.0 Å². The zero-order chi connectivity index (χ0) is 15.9. The van der Waals surface area contributed by atoms with Crippen LogP contribution < -0.4 is 10.2 Å². The number of amides is 1. The van der Waals surface area contributed by atoms with Gasteiger partial charge in [0.1, 0.15) is 6.54 Å². The first kappa shape index (κ1) is 16.5. The van der Waals surface area contributed by atoms with Gasteiger partial charge >= 0.3 is 0 Å². The standard InChI is InChI=1S/C18H21ClN2O/c1-14-6-3-4-8-16(14)11-20-18(22)13-21(2)12-15-7-5-9-17(19)10-15/h3-10H,11-13H2,1-2H3,(H,20,22)/p+1. The summed E-state index contributed by atoms with van der Waals surface area (Å²) >= 11 is 5.98. The van der Waals surface area contributed by atoms with Crippen molar-refractivity contribution in [1.29, 1.82) is 0 Å². The fraction of sp³-hybridized carbons (Fsp3) is 0.278. The largest absolute Gasteiger partial charge is 0.347 e. The van der Waals surface area contributed by atoms with Crippen LogP contribution in [0.15, 0.2) is 48.5 Å². The van der Waals surface area contributed by atoms with E-state index < -0.39 is 0 Å². The second kappa shape index (κ2) is 7.97. The SMILES string of the molecule is Cc1ccccc1CNC(=O)C[NH+](C)Cc1cccc(Cl)c1. The molecule has 0 aliphatic rings. The molecule has 0 heterocycles. The molecule has 0 spiro atoms. The molecule has 0 bridgehead atoms. The number of aryl methyl sites for hydroxylation is 1. The molecule has 0 radical (unpaired) electrons. The van der Waals surface area contributed by atoms with Crippen LogP contribution in [0.2, 0.25) is 5.02 Å². The molecule has 1 unspecified atom stereocenters. The van der Waals surface area contributed by atoms with Crippen LogP contribution in [0.1, 0.15) is 16.7 Å². The van der Waals surface area contributed by atoms with E-state index in [1.165, 1.54) is 5.56 Å². The molecule has 0 fully saturated rings. The third kappa shape index (κ3) is 5.17. The number of nitrogens with one attached hydrogen (secondary N) is 2. The van der Waals surface area contributed by atoms with Gasteiger partial charge in [-0.25, -0.2) is 0 Å². The van der Waals surface area contributed by atoms with Gasteiger partial charge in [0.2, 0.25) is 0 Å². The van der Waals surface area contributed by atoms with Gasteiger partial charge in [-0.2, -0.15) is 0 Å². The fourth-order valence-electron chi connectivity index (χ4n) is 2.40. The molecule has 0 aliphatic carbocycles. The van der Waals surface area contributed by atoms with E-state index in [0.717, 1.165) is 27.6 Å². The van der Waals surface area contributed by atoms with Crippen molar-refractivity contribution in [3.63, 3.8) is 0 Å². The molecule has 1 amide bonds. The molecule has 3 nitrogen and oxygen atoms in total. The van der Waals surface area contributed by atoms with Crippen molar-refractivity contribution in [2.24, 2.45) is 0 Å². The van der Waals surface area contributed by atoms with E-state index in [2.05, 4.69) is 18.3 Å². The van der Waals surface area contributed by atoms with Crippen molar-refractivity contribution in [2.75, 3.05) is 13.6 Å². The van der Waals surface area contributed by atoms with Crippen LogP contribution in [0.5, 0.6) is 0 Å². The summed E-state index contributed by atoms with van der Waals surface area (Å²) in [5.41, 5.74) is 3.49. The van der Waals surface area contributed by atoms with Gasteiger partial charge in [0.25, 0.3) is 5.91 Å². The Kier molecular flexibility index (Phi) is 5.99. The van der Waals surface area contributed by atoms with Gasteiger partial charge < -0.3 is 10.2 Å². The Hall–Kier alpha value is -1.84. The Morgan fingerprint density at radius 3 is 2.68 bits per heavy atom. The molecule has 2 rings (SSSR count). The summed E-state index contributed by atoms with van der Waals surface area (Å²) in [5.74, 6) is 0.0581. The van der Waals surface area contributed by atoms with Crippen LogP contribution in [0, 0.1) is 6.92 Å². The molecule has 22 heavy (non-hydrogen) atoms. The van der Waals surface area contributed by atoms with E-state index >= 15 is 0 Å². The molecule has 0 saturated heterocycles. The highest BCUT2D eigenvalue weighted by Gasteiger charge is 2.11. The normalized spacial score (nSPS) is 12.0. The zero-order valence-corrected chi connectivity index (χ0v) is 13.8. The Morgan fingerprint density at radius 2 is 1.95 bits per heavy atom. The second-order valence-corrected chi connectivity index (χ2v) is 6.08. The predicted octanol–water partition coefficient (Wildman–Crippen LogP) is 1.98. The third-order valence-electron chi connectivity index (χ3n) is 3.59. The van der Waals surface area contributed by atoms with Crippen molar-refractivity contribution < 1.29 is 9.69 Å². The fourth-order valence-corrected chi connectivity index (χ4v) is 2.61. The molecular weight excluding hydrogens is 296 g/mol. The summed E-state index contributed by atoms with van der Waals surface area (Å²) in [6.07, 6.45) is 0. The number of quaternary nitrogens is 1. The molecular formula is C18H22ClN2O+. The van der Waals surface area contributed by atoms with Crippen molar-refractivity contribution >= 4 is 17.5 Å². The van der Waals surface area contributed by atoms with E-state index in [-0.39, 0.29) is 5.91 Å². The lowest BCUT2D eigenvalue weighted by molar-refractivity contribution is -0.885. The monoisotopic (exact) mass is 317 g/mol. The summed E-state index contributed by atoms with van der Waals surface area (Å²) in [5, 5.41) is 3.71. The average molecular weight is 318 g/mol. The second-order valence-electron chi connectivity index (χ2n) is 5.64. The Morgan fingerprint density at radius 1 is 1.18 bits per heavy atom. The number of rotatable bonds is 6. The van der Waals surface area contributed by atoms with Crippen LogP contribution >= 0.6 is 11.6 Å². The third-order valence-corrected chi connectivity index (χ3v) is 3.83. The molecule has 2 N–H and O–H groups in total. The lowest BCUT2D eigenvalue weighted by atomic mass is 10.1. The van der Waals surface area contributed by atoms with Crippen molar-refractivity contribution in [1.82, 2.24) is 5.32 Å². The van der Waals surface area contributed by atoms with Crippen LogP contribution in [-0.2, 0) is 17.9 Å². The molecule has 0 saturated carbocycles. The predicted molar refractivity (Wildman–Crippen MR) is 89.9 cm³/mol. The number of likely N-dealkylation sites (N-methyl/N-ethyl adjacent to an activating group) is 1. The van der Waals surface area contributed by atoms with Gasteiger partial charge in [-0.05, 0) is 30.2 Å². The number of carbonyl (C=O) groups is 1. The first-order valence-corrected chi connectivity index (χ1v) is 7.79. The maximum absolute atomic E-state index is 12.0. The number of halogens is 1. The molecule has 1 atom stereocenters. The van der Waals surface area contributed by atoms with Gasteiger partial charge in [0.15, 0.2) is 6.54 Å². The van der Waals surface area contributed by atoms with Crippen LogP contribution in [0.25, 0.3) is 0 Å². The highest BCUT2D eigenvalue weighted by atomic mass is 35.5. The van der Waals surface area contributed by atoms with Gasteiger partial charge in [-0.15, -0.1) is 0 Å². The van der Waals surface area contributed by atoms with E-state index in [0.29, 0.717) is 13.1 Å². The van der Waals surface area contributed by atoms with E-state index in [1.807, 2.05) is 49.5 Å². The highest BCUT2D eigenvalue weighted by Crippen LogP contribution is 2.09. The minimum Gasteiger partial charge on any atom is -0.347 e. The van der Waals surface area contributed by atoms with Gasteiger partial charge in [-0.1, -0.05) is 48.0 Å². The molecule has 0 aromatic heterocycles. The van der Waals surface area contributed by atoms with Crippen LogP contribution in [-0.4, -0.2) is 19.5 Å². The lowest BCUT2D eigenvalue weighted by Gasteiger charge is -2.14. The van der Waals surface area contributed by atoms with Crippen molar-refractivity contribution in [3.8, 4) is 0 Å². The minimum atomic E-state index is 0.0581. The minimum absolute atomic E-state index is 0.0581. The quantitative estimate of drug-likeness (QED) is 0.839. The molecule has 116 valence electrons. The highest BCUT2D eigenvalue weighted by molar-refractivity contribution is 6.30. The number of carbonyl (C=O) groups excluding carboxylic acids is 1. The molecule has 0 aliphatic heterocycles. The molecule has 2 aromatic rings. The zero-order valence-electron chi connectivity index (χ0n) is 13.0. The maximum atomic E-state index is 12.0. The Bertz CT molecular complexity index is 642. The number of hydrogen-bond acceptors (Lipinski definition) is 1. The van der Waals surface area contributed by atoms with Gasteiger partial charge in [0.05, 0.1) is 7.05 Å². The molecule has 4 heteroatoms. The number of hydrogen-bond donors (Lipinski definition) is 2. The first-order chi connectivity index (χ1) is 10.5. The van der Waals surface area contributed by atoms with Crippen molar-refractivity contribution in [3.05, 3.63) is 70.2 Å². The summed E-state index contributed by atoms with van der Waals surface area (Å²) in [6, 6.07) is 15.8. The van der Waals surface area contributed by atoms with Gasteiger partial charge in [0, 0.05) is 17.1 Å². The summed E-state index contributed by atoms with van der Waals surface area (Å²) in [7, 11) is 2.01. The topological polar surface area (TPSA) is 33.5 Å². The van der Waals surface area contributed by atoms with Gasteiger partial charge in [-0.3, -0.25) is 4.79 Å². The Labute approximate surface area is 136 Å². The number of benzene rings is 2. The van der Waals surface area contributed by atoms with E-state index in [1.54, 1.807) is 0 Å². The molecule has 2 aromatic carbocycles. The smallest absolute Gasteiger partial charge is 0.275 e. The first-order valence-electron chi connectivity index (χ1n) is 7.41. The van der Waals surface area contributed by atoms with Crippen LogP contribution in [0.3, 0.4) is 0 Å². The van der Waals surface area contributed by atoms with E-state index in [9.17, 15) is 4.79 Å². The maximum Gasteiger partial charge on any atom is 0.275 e. The Balaban J connectivity index is 1.80. The van der Waals surface area contributed by atoms with Crippen LogP contribution in [0.4, 0.5) is 0 Å².